The summed E-state index contributed by atoms with van der Waals surface area (Å²) in [5.41, 5.74) is 5.14. The van der Waals surface area contributed by atoms with Gasteiger partial charge in [0.1, 0.15) is 0 Å². The van der Waals surface area contributed by atoms with Gasteiger partial charge in [0.15, 0.2) is 0 Å². The van der Waals surface area contributed by atoms with Gasteiger partial charge >= 0.3 is 0 Å². The van der Waals surface area contributed by atoms with Crippen LogP contribution in [-0.4, -0.2) is 37.0 Å². The first-order valence-corrected chi connectivity index (χ1v) is 8.12. The fourth-order valence-electron chi connectivity index (χ4n) is 4.71. The molecule has 0 aromatic heterocycles. The van der Waals surface area contributed by atoms with Crippen LogP contribution in [0.1, 0.15) is 33.1 Å². The molecule has 2 aliphatic carbocycles. The molecular weight excluding hydrogens is 252 g/mol. The van der Waals surface area contributed by atoms with Gasteiger partial charge in [-0.25, -0.2) is 12.7 Å². The van der Waals surface area contributed by atoms with Gasteiger partial charge in [0.25, 0.3) is 0 Å². The summed E-state index contributed by atoms with van der Waals surface area (Å²) in [7, 11) is -3.47. The van der Waals surface area contributed by atoms with Gasteiger partial charge in [-0.05, 0) is 30.6 Å². The van der Waals surface area contributed by atoms with Crippen molar-refractivity contribution in [2.24, 2.45) is 22.5 Å². The zero-order valence-electron chi connectivity index (χ0n) is 10.8. The number of nitrogens with two attached hydrogens (primary N) is 1. The van der Waals surface area contributed by atoms with Crippen molar-refractivity contribution in [1.29, 1.82) is 0 Å². The predicted octanol–water partition coefficient (Wildman–Crippen LogP) is 0.312. The monoisotopic (exact) mass is 272 g/mol. The van der Waals surface area contributed by atoms with Crippen LogP contribution in [0.25, 0.3) is 0 Å². The second-order valence-corrected chi connectivity index (χ2v) is 8.36. The minimum absolute atomic E-state index is 0.00830. The smallest absolute Gasteiger partial charge is 0.250 e. The molecule has 0 aromatic rings. The van der Waals surface area contributed by atoms with Crippen molar-refractivity contribution < 1.29 is 13.2 Å². The van der Waals surface area contributed by atoms with E-state index in [0.29, 0.717) is 5.92 Å². The van der Waals surface area contributed by atoms with Gasteiger partial charge in [-0.15, -0.1) is 0 Å². The maximum atomic E-state index is 12.3. The number of amides is 1. The molecule has 5 nitrogen and oxygen atoms in total. The maximum absolute atomic E-state index is 12.3. The van der Waals surface area contributed by atoms with E-state index in [4.69, 9.17) is 5.73 Å². The molecule has 2 saturated carbocycles. The third-order valence-corrected chi connectivity index (χ3v) is 7.77. The lowest BCUT2D eigenvalue weighted by molar-refractivity contribution is -0.127. The Labute approximate surface area is 108 Å². The van der Waals surface area contributed by atoms with E-state index in [2.05, 4.69) is 13.8 Å². The van der Waals surface area contributed by atoms with Crippen molar-refractivity contribution in [2.75, 3.05) is 12.3 Å². The highest BCUT2D eigenvalue weighted by Crippen LogP contribution is 2.69. The molecule has 3 rings (SSSR count). The zero-order valence-corrected chi connectivity index (χ0v) is 11.7. The van der Waals surface area contributed by atoms with Gasteiger partial charge in [-0.1, -0.05) is 13.8 Å². The van der Waals surface area contributed by atoms with Gasteiger partial charge in [-0.3, -0.25) is 4.79 Å². The summed E-state index contributed by atoms with van der Waals surface area (Å²) in [5.74, 6) is 0.214. The van der Waals surface area contributed by atoms with Crippen LogP contribution in [0, 0.1) is 16.7 Å². The summed E-state index contributed by atoms with van der Waals surface area (Å²) in [6.45, 7) is 4.10. The number of nitrogens with zero attached hydrogens (tertiary/aromatic N) is 1. The molecule has 18 heavy (non-hydrogen) atoms. The van der Waals surface area contributed by atoms with Crippen molar-refractivity contribution in [3.63, 3.8) is 0 Å². The minimum Gasteiger partial charge on any atom is -0.322 e. The normalized spacial score (nSPS) is 43.2. The first-order valence-electron chi connectivity index (χ1n) is 6.51. The fourth-order valence-corrected chi connectivity index (χ4v) is 7.27. The summed E-state index contributed by atoms with van der Waals surface area (Å²) in [5, 5.41) is 0. The summed E-state index contributed by atoms with van der Waals surface area (Å²) < 4.78 is 25.7. The number of fused-ring (bicyclic) bond motifs is 1. The van der Waals surface area contributed by atoms with Crippen molar-refractivity contribution in [3.05, 3.63) is 0 Å². The lowest BCUT2D eigenvalue weighted by Gasteiger charge is -2.37. The van der Waals surface area contributed by atoms with Crippen LogP contribution < -0.4 is 5.73 Å². The Kier molecular flexibility index (Phi) is 2.26. The highest BCUT2D eigenvalue weighted by molar-refractivity contribution is 7.90. The average molecular weight is 272 g/mol. The van der Waals surface area contributed by atoms with Crippen molar-refractivity contribution in [2.45, 2.75) is 39.2 Å². The van der Waals surface area contributed by atoms with Crippen LogP contribution in [0.15, 0.2) is 0 Å². The summed E-state index contributed by atoms with van der Waals surface area (Å²) in [4.78, 5) is 11.9. The summed E-state index contributed by atoms with van der Waals surface area (Å²) >= 11 is 0. The molecule has 0 aromatic carbocycles. The molecule has 0 radical (unpaired) electrons. The standard InChI is InChI=1S/C12H20N2O3S/c1-11(2)8-3-4-12(11)7-18(16,17)14(9(12)5-8)10(15)6-13/h8-9H,3-7,13H2,1-2H3/t8-,9-,12-/m1/s1. The Morgan fingerprint density at radius 2 is 2.11 bits per heavy atom. The molecule has 102 valence electrons. The maximum Gasteiger partial charge on any atom is 0.250 e. The van der Waals surface area contributed by atoms with Gasteiger partial charge in [0, 0.05) is 5.41 Å². The minimum atomic E-state index is -3.47. The van der Waals surface area contributed by atoms with E-state index >= 15 is 0 Å². The first-order chi connectivity index (χ1) is 8.26. The molecule has 1 aliphatic heterocycles. The highest BCUT2D eigenvalue weighted by Gasteiger charge is 2.72. The van der Waals surface area contributed by atoms with E-state index in [9.17, 15) is 13.2 Å². The van der Waals surface area contributed by atoms with Gasteiger partial charge in [0.2, 0.25) is 15.9 Å². The molecule has 2 bridgehead atoms. The molecule has 3 aliphatic rings. The van der Waals surface area contributed by atoms with E-state index in [-0.39, 0.29) is 29.2 Å². The second kappa shape index (κ2) is 3.28. The van der Waals surface area contributed by atoms with Gasteiger partial charge < -0.3 is 5.73 Å². The van der Waals surface area contributed by atoms with Crippen LogP contribution >= 0.6 is 0 Å². The van der Waals surface area contributed by atoms with E-state index in [1.807, 2.05) is 0 Å². The average Bonchev–Trinajstić information content (AvgIpc) is 2.74. The van der Waals surface area contributed by atoms with Gasteiger partial charge in [0.05, 0.1) is 18.3 Å². The molecular formula is C12H20N2O3S. The van der Waals surface area contributed by atoms with Crippen LogP contribution in [0.3, 0.4) is 0 Å². The number of hydrogen-bond acceptors (Lipinski definition) is 4. The predicted molar refractivity (Wildman–Crippen MR) is 67.0 cm³/mol. The Balaban J connectivity index is 2.11. The van der Waals surface area contributed by atoms with Crippen LogP contribution in [0.2, 0.25) is 0 Å². The zero-order chi connectivity index (χ0) is 13.3. The van der Waals surface area contributed by atoms with Gasteiger partial charge in [-0.2, -0.15) is 0 Å². The van der Waals surface area contributed by atoms with E-state index in [0.717, 1.165) is 23.6 Å². The van der Waals surface area contributed by atoms with Crippen LogP contribution in [0.5, 0.6) is 0 Å². The molecule has 1 saturated heterocycles. The van der Waals surface area contributed by atoms with Crippen LogP contribution in [-0.2, 0) is 14.8 Å². The molecule has 1 heterocycles. The fraction of sp³-hybridized carbons (Fsp3) is 0.917. The largest absolute Gasteiger partial charge is 0.322 e. The molecule has 1 spiro atoms. The summed E-state index contributed by atoms with van der Waals surface area (Å²) in [6, 6.07) is -0.146. The number of rotatable bonds is 1. The van der Waals surface area contributed by atoms with Crippen molar-refractivity contribution in [3.8, 4) is 0 Å². The number of carbonyl (C=O) groups is 1. The molecule has 1 amide bonds. The van der Waals surface area contributed by atoms with E-state index < -0.39 is 15.9 Å². The summed E-state index contributed by atoms with van der Waals surface area (Å²) in [6.07, 6.45) is 2.82. The Morgan fingerprint density at radius 1 is 1.44 bits per heavy atom. The lowest BCUT2D eigenvalue weighted by atomic mass is 9.69. The van der Waals surface area contributed by atoms with Crippen molar-refractivity contribution in [1.82, 2.24) is 4.31 Å². The Hall–Kier alpha value is -0.620. The quantitative estimate of drug-likeness (QED) is 0.745. The molecule has 3 fully saturated rings. The van der Waals surface area contributed by atoms with Crippen molar-refractivity contribution >= 4 is 15.9 Å². The molecule has 6 heteroatoms. The SMILES string of the molecule is CC1(C)[C@@H]2CC[C@]13CS(=O)(=O)N(C(=O)CN)[C@@H]3C2. The molecule has 2 N–H and O–H groups in total. The Bertz CT molecular complexity index is 513. The topological polar surface area (TPSA) is 80.5 Å². The lowest BCUT2D eigenvalue weighted by Crippen LogP contribution is -2.46. The third kappa shape index (κ3) is 1.16. The first kappa shape index (κ1) is 12.4. The second-order valence-electron chi connectivity index (χ2n) is 6.51. The Morgan fingerprint density at radius 3 is 2.67 bits per heavy atom. The van der Waals surface area contributed by atoms with E-state index in [1.165, 1.54) is 0 Å². The van der Waals surface area contributed by atoms with E-state index in [1.54, 1.807) is 0 Å². The molecule has 0 unspecified atom stereocenters. The number of sulfonamides is 1. The number of hydrogen-bond donors (Lipinski definition) is 1. The highest BCUT2D eigenvalue weighted by atomic mass is 32.2. The number of carbonyl (C=O) groups excluding carboxylic acids is 1. The van der Waals surface area contributed by atoms with Crippen LogP contribution in [0.4, 0.5) is 0 Å². The third-order valence-electron chi connectivity index (χ3n) is 5.83. The molecule has 3 atom stereocenters.